The first-order valence-electron chi connectivity index (χ1n) is 4.67. The minimum atomic E-state index is -3.13. The summed E-state index contributed by atoms with van der Waals surface area (Å²) in [7, 11) is -3.13. The van der Waals surface area contributed by atoms with Gasteiger partial charge in [-0.25, -0.2) is 4.72 Å². The topological polar surface area (TPSA) is 61.4 Å². The molecule has 2 aliphatic heterocycles. The molecule has 5 nitrogen and oxygen atoms in total. The van der Waals surface area contributed by atoms with Gasteiger partial charge in [0.2, 0.25) is 0 Å². The summed E-state index contributed by atoms with van der Waals surface area (Å²) in [5, 5.41) is 3.22. The van der Waals surface area contributed by atoms with Gasteiger partial charge in [0.05, 0.1) is 0 Å². The Labute approximate surface area is 90.8 Å². The lowest BCUT2D eigenvalue weighted by atomic mass is 10.1. The molecule has 0 aromatic carbocycles. The first-order chi connectivity index (χ1) is 6.20. The van der Waals surface area contributed by atoms with Gasteiger partial charge < -0.3 is 5.32 Å². The summed E-state index contributed by atoms with van der Waals surface area (Å²) in [4.78, 5) is 0. The second-order valence-corrected chi connectivity index (χ2v) is 5.20. The Morgan fingerprint density at radius 1 is 1.14 bits per heavy atom. The van der Waals surface area contributed by atoms with Gasteiger partial charge in [-0.15, -0.1) is 12.4 Å². The van der Waals surface area contributed by atoms with E-state index >= 15 is 0 Å². The van der Waals surface area contributed by atoms with Gasteiger partial charge in [-0.2, -0.15) is 12.7 Å². The molecule has 2 N–H and O–H groups in total. The zero-order valence-corrected chi connectivity index (χ0v) is 9.53. The van der Waals surface area contributed by atoms with Crippen molar-refractivity contribution in [3.63, 3.8) is 0 Å². The van der Waals surface area contributed by atoms with Crippen molar-refractivity contribution in [2.75, 3.05) is 26.2 Å². The van der Waals surface area contributed by atoms with Crippen LogP contribution in [-0.2, 0) is 10.2 Å². The number of hydrogen-bond acceptors (Lipinski definition) is 3. The first-order valence-corrected chi connectivity index (χ1v) is 6.11. The van der Waals surface area contributed by atoms with Gasteiger partial charge in [-0.1, -0.05) is 0 Å². The van der Waals surface area contributed by atoms with Crippen molar-refractivity contribution in [2.45, 2.75) is 18.9 Å². The summed E-state index contributed by atoms with van der Waals surface area (Å²) in [6.07, 6.45) is 1.86. The van der Waals surface area contributed by atoms with E-state index in [9.17, 15) is 8.42 Å². The fraction of sp³-hybridized carbons (Fsp3) is 1.00. The lowest BCUT2D eigenvalue weighted by Crippen LogP contribution is -2.44. The molecular formula is C7H16ClN3O2S. The zero-order chi connectivity index (χ0) is 9.31. The number of hydrogen-bond donors (Lipinski definition) is 2. The maximum atomic E-state index is 11.5. The summed E-state index contributed by atoms with van der Waals surface area (Å²) in [6, 6.07) is 0.209. The molecule has 7 heteroatoms. The van der Waals surface area contributed by atoms with Gasteiger partial charge in [-0.3, -0.25) is 0 Å². The van der Waals surface area contributed by atoms with E-state index in [4.69, 9.17) is 0 Å². The van der Waals surface area contributed by atoms with E-state index in [0.29, 0.717) is 13.1 Å². The van der Waals surface area contributed by atoms with E-state index < -0.39 is 10.2 Å². The molecule has 14 heavy (non-hydrogen) atoms. The third kappa shape index (κ3) is 2.38. The maximum absolute atomic E-state index is 11.5. The molecule has 2 rings (SSSR count). The molecule has 0 unspecified atom stereocenters. The Kier molecular flexibility index (Phi) is 4.15. The molecule has 0 aliphatic carbocycles. The second kappa shape index (κ2) is 4.76. The second-order valence-electron chi connectivity index (χ2n) is 3.49. The highest BCUT2D eigenvalue weighted by molar-refractivity contribution is 7.87. The fourth-order valence-electron chi connectivity index (χ4n) is 1.96. The van der Waals surface area contributed by atoms with E-state index in [-0.39, 0.29) is 18.4 Å². The predicted molar refractivity (Wildman–Crippen MR) is 56.8 cm³/mol. The smallest absolute Gasteiger partial charge is 0.279 e. The summed E-state index contributed by atoms with van der Waals surface area (Å²) in [5.41, 5.74) is 0. The van der Waals surface area contributed by atoms with Crippen molar-refractivity contribution in [1.29, 1.82) is 0 Å². The Morgan fingerprint density at radius 2 is 1.79 bits per heavy atom. The van der Waals surface area contributed by atoms with Crippen LogP contribution < -0.4 is 10.0 Å². The van der Waals surface area contributed by atoms with Crippen LogP contribution in [0.2, 0.25) is 0 Å². The number of halogens is 1. The summed E-state index contributed by atoms with van der Waals surface area (Å²) < 4.78 is 27.0. The molecule has 0 saturated carbocycles. The van der Waals surface area contributed by atoms with E-state index in [1.807, 2.05) is 0 Å². The van der Waals surface area contributed by atoms with E-state index in [1.54, 1.807) is 4.31 Å². The molecule has 0 aromatic rings. The first kappa shape index (κ1) is 12.2. The molecule has 2 aliphatic rings. The Morgan fingerprint density at radius 3 is 2.29 bits per heavy atom. The number of rotatable bonds is 1. The van der Waals surface area contributed by atoms with E-state index in [0.717, 1.165) is 25.9 Å². The molecule has 0 bridgehead atoms. The average molecular weight is 242 g/mol. The van der Waals surface area contributed by atoms with E-state index in [1.165, 1.54) is 0 Å². The van der Waals surface area contributed by atoms with Gasteiger partial charge in [0.1, 0.15) is 0 Å². The Bertz CT molecular complexity index is 277. The molecule has 84 valence electrons. The molecule has 0 radical (unpaired) electrons. The van der Waals surface area contributed by atoms with Gasteiger partial charge in [0.15, 0.2) is 0 Å². The molecular weight excluding hydrogens is 226 g/mol. The maximum Gasteiger partial charge on any atom is 0.279 e. The molecule has 2 heterocycles. The van der Waals surface area contributed by atoms with Gasteiger partial charge >= 0.3 is 0 Å². The Balaban J connectivity index is 0.000000980. The summed E-state index contributed by atoms with van der Waals surface area (Å²) >= 11 is 0. The highest BCUT2D eigenvalue weighted by Crippen LogP contribution is 2.17. The van der Waals surface area contributed by atoms with Crippen molar-refractivity contribution >= 4 is 22.6 Å². The Hall–Kier alpha value is 0.120. The SMILES string of the molecule is Cl.O=S1(=O)NCCN1C1CCNCC1. The van der Waals surface area contributed by atoms with Crippen molar-refractivity contribution in [2.24, 2.45) is 0 Å². The predicted octanol–water partition coefficient (Wildman–Crippen LogP) is -0.690. The summed E-state index contributed by atoms with van der Waals surface area (Å²) in [6.45, 7) is 3.05. The van der Waals surface area contributed by atoms with Crippen LogP contribution in [0.15, 0.2) is 0 Å². The minimum Gasteiger partial charge on any atom is -0.317 e. The van der Waals surface area contributed by atoms with Crippen LogP contribution in [0.25, 0.3) is 0 Å². The number of nitrogens with one attached hydrogen (secondary N) is 2. The highest BCUT2D eigenvalue weighted by atomic mass is 35.5. The molecule has 2 saturated heterocycles. The fourth-order valence-corrected chi connectivity index (χ4v) is 3.41. The number of nitrogens with zero attached hydrogens (tertiary/aromatic N) is 1. The van der Waals surface area contributed by atoms with Crippen LogP contribution in [0.3, 0.4) is 0 Å². The molecule has 0 spiro atoms. The molecule has 0 aromatic heterocycles. The summed E-state index contributed by atoms with van der Waals surface area (Å²) in [5.74, 6) is 0. The van der Waals surface area contributed by atoms with Gasteiger partial charge in [-0.05, 0) is 25.9 Å². The normalized spacial score (nSPS) is 28.6. The van der Waals surface area contributed by atoms with Crippen molar-refractivity contribution in [3.05, 3.63) is 0 Å². The van der Waals surface area contributed by atoms with Crippen LogP contribution in [0.5, 0.6) is 0 Å². The average Bonchev–Trinajstić information content (AvgIpc) is 2.47. The molecule has 0 amide bonds. The van der Waals surface area contributed by atoms with Gasteiger partial charge in [0.25, 0.3) is 10.2 Å². The zero-order valence-electron chi connectivity index (χ0n) is 7.90. The number of piperidine rings is 1. The lowest BCUT2D eigenvalue weighted by molar-refractivity contribution is 0.280. The lowest BCUT2D eigenvalue weighted by Gasteiger charge is -2.29. The van der Waals surface area contributed by atoms with Crippen molar-refractivity contribution in [3.8, 4) is 0 Å². The monoisotopic (exact) mass is 241 g/mol. The van der Waals surface area contributed by atoms with E-state index in [2.05, 4.69) is 10.0 Å². The third-order valence-corrected chi connectivity index (χ3v) is 4.31. The van der Waals surface area contributed by atoms with Crippen LogP contribution in [0.1, 0.15) is 12.8 Å². The highest BCUT2D eigenvalue weighted by Gasteiger charge is 2.34. The van der Waals surface area contributed by atoms with Crippen molar-refractivity contribution in [1.82, 2.24) is 14.3 Å². The minimum absolute atomic E-state index is 0. The van der Waals surface area contributed by atoms with Crippen LogP contribution in [0, 0.1) is 0 Å². The van der Waals surface area contributed by atoms with Crippen LogP contribution in [-0.4, -0.2) is 44.9 Å². The quantitative estimate of drug-likeness (QED) is 0.639. The standard InChI is InChI=1S/C7H15N3O2S.ClH/c11-13(12)9-5-6-10(13)7-1-3-8-4-2-7;/h7-9H,1-6H2;1H. The van der Waals surface area contributed by atoms with Gasteiger partial charge in [0, 0.05) is 19.1 Å². The third-order valence-electron chi connectivity index (χ3n) is 2.64. The molecule has 0 atom stereocenters. The van der Waals surface area contributed by atoms with Crippen LogP contribution >= 0.6 is 12.4 Å². The largest absolute Gasteiger partial charge is 0.317 e. The van der Waals surface area contributed by atoms with Crippen LogP contribution in [0.4, 0.5) is 0 Å². The van der Waals surface area contributed by atoms with Crippen molar-refractivity contribution < 1.29 is 8.42 Å². The molecule has 2 fully saturated rings.